The van der Waals surface area contributed by atoms with Gasteiger partial charge in [-0.15, -0.1) is 0 Å². The van der Waals surface area contributed by atoms with Crippen LogP contribution in [0.3, 0.4) is 0 Å². The van der Waals surface area contributed by atoms with Crippen LogP contribution in [0.4, 0.5) is 0 Å². The Hall–Kier alpha value is -1.09. The predicted molar refractivity (Wildman–Crippen MR) is 72.9 cm³/mol. The Bertz CT molecular complexity index is 383. The Morgan fingerprint density at radius 3 is 2.50 bits per heavy atom. The zero-order chi connectivity index (χ0) is 12.8. The van der Waals surface area contributed by atoms with Gasteiger partial charge in [0.25, 0.3) is 0 Å². The number of nitrogens with zero attached hydrogens (tertiary/aromatic N) is 2. The number of ether oxygens (including phenoxy) is 1. The molecule has 2 rings (SSSR count). The number of rotatable bonds is 4. The number of allylic oxidation sites excluding steroid dienone is 1. The molecule has 0 radical (unpaired) electrons. The minimum absolute atomic E-state index is 0.487. The molecule has 1 aromatic heterocycles. The summed E-state index contributed by atoms with van der Waals surface area (Å²) in [6.07, 6.45) is 10.3. The number of hydrogen-bond acceptors (Lipinski definition) is 3. The maximum absolute atomic E-state index is 5.62. The van der Waals surface area contributed by atoms with Gasteiger partial charge in [-0.05, 0) is 38.5 Å². The SMILES string of the molecule is CCOc1cnc([C@H]2CC[C@H](/C=C/Cl)CC2)nc1. The lowest BCUT2D eigenvalue weighted by molar-refractivity contribution is 0.333. The summed E-state index contributed by atoms with van der Waals surface area (Å²) in [6, 6.07) is 0. The summed E-state index contributed by atoms with van der Waals surface area (Å²) < 4.78 is 5.35. The van der Waals surface area contributed by atoms with Crippen molar-refractivity contribution in [3.8, 4) is 5.75 Å². The minimum Gasteiger partial charge on any atom is -0.491 e. The van der Waals surface area contributed by atoms with Gasteiger partial charge in [-0.2, -0.15) is 0 Å². The quantitative estimate of drug-likeness (QED) is 0.829. The van der Waals surface area contributed by atoms with Crippen molar-refractivity contribution in [3.63, 3.8) is 0 Å². The first-order valence-electron chi connectivity index (χ1n) is 6.55. The largest absolute Gasteiger partial charge is 0.491 e. The fraction of sp³-hybridized carbons (Fsp3) is 0.571. The average molecular weight is 267 g/mol. The van der Waals surface area contributed by atoms with E-state index in [9.17, 15) is 0 Å². The highest BCUT2D eigenvalue weighted by atomic mass is 35.5. The molecule has 1 fully saturated rings. The van der Waals surface area contributed by atoms with E-state index in [1.165, 1.54) is 12.8 Å². The van der Waals surface area contributed by atoms with Crippen molar-refractivity contribution in [2.24, 2.45) is 5.92 Å². The van der Waals surface area contributed by atoms with Crippen LogP contribution in [0, 0.1) is 5.92 Å². The first-order valence-corrected chi connectivity index (χ1v) is 6.98. The highest BCUT2D eigenvalue weighted by molar-refractivity contribution is 6.25. The molecule has 0 atom stereocenters. The molecule has 4 heteroatoms. The van der Waals surface area contributed by atoms with Gasteiger partial charge >= 0.3 is 0 Å². The second-order valence-electron chi connectivity index (χ2n) is 4.64. The molecule has 1 heterocycles. The van der Waals surface area contributed by atoms with Gasteiger partial charge in [0, 0.05) is 11.5 Å². The lowest BCUT2D eigenvalue weighted by Crippen LogP contribution is -2.14. The highest BCUT2D eigenvalue weighted by Gasteiger charge is 2.22. The van der Waals surface area contributed by atoms with Gasteiger partial charge in [0.05, 0.1) is 19.0 Å². The molecule has 0 amide bonds. The summed E-state index contributed by atoms with van der Waals surface area (Å²) in [5.41, 5.74) is 1.64. The Kier molecular flexibility index (Phi) is 5.00. The topological polar surface area (TPSA) is 35.0 Å². The highest BCUT2D eigenvalue weighted by Crippen LogP contribution is 2.34. The molecule has 0 spiro atoms. The Morgan fingerprint density at radius 2 is 1.94 bits per heavy atom. The van der Waals surface area contributed by atoms with Crippen LogP contribution in [0.5, 0.6) is 5.75 Å². The van der Waals surface area contributed by atoms with Gasteiger partial charge in [-0.3, -0.25) is 0 Å². The summed E-state index contributed by atoms with van der Waals surface area (Å²) in [5.74, 6) is 2.81. The molecule has 3 nitrogen and oxygen atoms in total. The third-order valence-electron chi connectivity index (χ3n) is 3.44. The molecule has 1 aliphatic carbocycles. The number of halogens is 1. The molecule has 0 saturated heterocycles. The zero-order valence-electron chi connectivity index (χ0n) is 10.7. The van der Waals surface area contributed by atoms with Crippen LogP contribution in [0.25, 0.3) is 0 Å². The van der Waals surface area contributed by atoms with Crippen molar-refractivity contribution in [1.29, 1.82) is 0 Å². The standard InChI is InChI=1S/C14H19ClN2O/c1-2-18-13-9-16-14(17-10-13)12-5-3-11(4-6-12)7-8-15/h7-12H,2-6H2,1H3/b8-7+/t11-,12-. The van der Waals surface area contributed by atoms with Crippen molar-refractivity contribution in [2.45, 2.75) is 38.5 Å². The van der Waals surface area contributed by atoms with Crippen LogP contribution >= 0.6 is 11.6 Å². The third-order valence-corrected chi connectivity index (χ3v) is 3.59. The molecule has 1 aliphatic rings. The van der Waals surface area contributed by atoms with Gasteiger partial charge in [0.15, 0.2) is 5.75 Å². The summed E-state index contributed by atoms with van der Waals surface area (Å²) in [7, 11) is 0. The summed E-state index contributed by atoms with van der Waals surface area (Å²) in [6.45, 7) is 2.61. The van der Waals surface area contributed by atoms with E-state index in [1.54, 1.807) is 17.9 Å². The van der Waals surface area contributed by atoms with Gasteiger partial charge in [0.2, 0.25) is 0 Å². The Morgan fingerprint density at radius 1 is 1.28 bits per heavy atom. The molecule has 0 N–H and O–H groups in total. The lowest BCUT2D eigenvalue weighted by atomic mass is 9.82. The smallest absolute Gasteiger partial charge is 0.155 e. The average Bonchev–Trinajstić information content (AvgIpc) is 2.41. The van der Waals surface area contributed by atoms with Crippen molar-refractivity contribution in [1.82, 2.24) is 9.97 Å². The van der Waals surface area contributed by atoms with Gasteiger partial charge in [-0.1, -0.05) is 17.7 Å². The van der Waals surface area contributed by atoms with E-state index < -0.39 is 0 Å². The van der Waals surface area contributed by atoms with E-state index in [1.807, 2.05) is 6.92 Å². The zero-order valence-corrected chi connectivity index (χ0v) is 11.4. The normalized spacial score (nSPS) is 24.3. The number of hydrogen-bond donors (Lipinski definition) is 0. The predicted octanol–water partition coefficient (Wildman–Crippen LogP) is 3.90. The molecular formula is C14H19ClN2O. The molecule has 0 aromatic carbocycles. The van der Waals surface area contributed by atoms with Gasteiger partial charge < -0.3 is 4.74 Å². The van der Waals surface area contributed by atoms with Crippen LogP contribution in [0.1, 0.15) is 44.3 Å². The second-order valence-corrected chi connectivity index (χ2v) is 4.89. The van der Waals surface area contributed by atoms with Crippen LogP contribution in [-0.4, -0.2) is 16.6 Å². The molecule has 1 aromatic rings. The van der Waals surface area contributed by atoms with E-state index in [-0.39, 0.29) is 0 Å². The van der Waals surface area contributed by atoms with E-state index in [2.05, 4.69) is 16.0 Å². The maximum atomic E-state index is 5.62. The molecule has 0 bridgehead atoms. The van der Waals surface area contributed by atoms with Crippen LogP contribution in [0.15, 0.2) is 24.0 Å². The van der Waals surface area contributed by atoms with Crippen molar-refractivity contribution >= 4 is 11.6 Å². The minimum atomic E-state index is 0.487. The van der Waals surface area contributed by atoms with E-state index >= 15 is 0 Å². The summed E-state index contributed by atoms with van der Waals surface area (Å²) in [4.78, 5) is 8.82. The van der Waals surface area contributed by atoms with E-state index in [4.69, 9.17) is 16.3 Å². The maximum Gasteiger partial charge on any atom is 0.155 e. The fourth-order valence-electron chi connectivity index (χ4n) is 2.45. The van der Waals surface area contributed by atoms with Crippen molar-refractivity contribution in [2.75, 3.05) is 6.61 Å². The Balaban J connectivity index is 1.92. The Labute approximate surface area is 113 Å². The molecule has 0 aliphatic heterocycles. The molecule has 18 heavy (non-hydrogen) atoms. The third kappa shape index (κ3) is 3.45. The van der Waals surface area contributed by atoms with Crippen LogP contribution in [-0.2, 0) is 0 Å². The monoisotopic (exact) mass is 266 g/mol. The van der Waals surface area contributed by atoms with Crippen molar-refractivity contribution < 1.29 is 4.74 Å². The lowest BCUT2D eigenvalue weighted by Gasteiger charge is -2.25. The van der Waals surface area contributed by atoms with Gasteiger partial charge in [-0.25, -0.2) is 9.97 Å². The summed E-state index contributed by atoms with van der Waals surface area (Å²) in [5, 5.41) is 0. The van der Waals surface area contributed by atoms with E-state index in [0.717, 1.165) is 24.4 Å². The first kappa shape index (κ1) is 13.3. The molecule has 98 valence electrons. The molecule has 0 unspecified atom stereocenters. The molecule has 1 saturated carbocycles. The van der Waals surface area contributed by atoms with E-state index in [0.29, 0.717) is 18.4 Å². The summed E-state index contributed by atoms with van der Waals surface area (Å²) >= 11 is 5.62. The second kappa shape index (κ2) is 6.74. The van der Waals surface area contributed by atoms with Crippen LogP contribution in [0.2, 0.25) is 0 Å². The van der Waals surface area contributed by atoms with Crippen molar-refractivity contribution in [3.05, 3.63) is 29.8 Å². The fourth-order valence-corrected chi connectivity index (χ4v) is 2.66. The molecular weight excluding hydrogens is 248 g/mol. The van der Waals surface area contributed by atoms with Gasteiger partial charge in [0.1, 0.15) is 5.82 Å². The van der Waals surface area contributed by atoms with Crippen LogP contribution < -0.4 is 4.74 Å². The number of aromatic nitrogens is 2. The first-order chi connectivity index (χ1) is 8.83.